The van der Waals surface area contributed by atoms with E-state index in [1.165, 1.54) is 30.4 Å². The highest BCUT2D eigenvalue weighted by molar-refractivity contribution is 5.94. The minimum Gasteiger partial charge on any atom is -0.478 e. The number of hydrogen-bond donors (Lipinski definition) is 7. The van der Waals surface area contributed by atoms with Crippen molar-refractivity contribution in [2.24, 2.45) is 74.7 Å². The predicted octanol–water partition coefficient (Wildman–Crippen LogP) is 9.68. The molecule has 0 aromatic heterocycles. The van der Waals surface area contributed by atoms with E-state index in [1.54, 1.807) is 24.3 Å². The molecule has 0 bridgehead atoms. The van der Waals surface area contributed by atoms with E-state index in [1.807, 2.05) is 38.1 Å². The number of aliphatic hydroxyl groups is 4. The van der Waals surface area contributed by atoms with Crippen molar-refractivity contribution in [2.75, 3.05) is 26.3 Å². The highest BCUT2D eigenvalue weighted by Gasteiger charge is 2.58. The van der Waals surface area contributed by atoms with Crippen LogP contribution in [0.25, 0.3) is 0 Å². The predicted molar refractivity (Wildman–Crippen MR) is 260 cm³/mol. The third kappa shape index (κ3) is 10.4. The number of aromatic carboxylic acids is 1. The fourth-order valence-electron chi connectivity index (χ4n) is 14.7. The molecular formula is C56H84N2O7. The van der Waals surface area contributed by atoms with Crippen molar-refractivity contribution in [2.45, 2.75) is 144 Å². The molecular weight excluding hydrogens is 813 g/mol. The Morgan fingerprint density at radius 2 is 1.05 bits per heavy atom. The van der Waals surface area contributed by atoms with Crippen LogP contribution >= 0.6 is 0 Å². The first-order valence-corrected chi connectivity index (χ1v) is 25.0. The first-order chi connectivity index (χ1) is 30.7. The fourth-order valence-corrected chi connectivity index (χ4v) is 14.7. The van der Waals surface area contributed by atoms with Crippen LogP contribution in [0.3, 0.4) is 0 Å². The third-order valence-electron chi connectivity index (χ3n) is 19.3. The van der Waals surface area contributed by atoms with Crippen molar-refractivity contribution in [1.29, 1.82) is 0 Å². The molecule has 360 valence electrons. The monoisotopic (exact) mass is 897 g/mol. The summed E-state index contributed by atoms with van der Waals surface area (Å²) in [5.74, 6) is 2.49. The molecule has 0 unspecified atom stereocenters. The van der Waals surface area contributed by atoms with Gasteiger partial charge in [0.05, 0.1) is 17.8 Å². The Hall–Kier alpha value is -3.34. The number of nitrogens with one attached hydrogen (secondary N) is 1. The van der Waals surface area contributed by atoms with Crippen molar-refractivity contribution < 1.29 is 35.1 Å². The summed E-state index contributed by atoms with van der Waals surface area (Å²) >= 11 is 0. The normalized spacial score (nSPS) is 38.9. The third-order valence-corrected chi connectivity index (χ3v) is 19.3. The lowest BCUT2D eigenvalue weighted by Gasteiger charge is -2.56. The zero-order chi connectivity index (χ0) is 47.5. The van der Waals surface area contributed by atoms with Crippen molar-refractivity contribution in [3.63, 3.8) is 0 Å². The van der Waals surface area contributed by atoms with Crippen molar-refractivity contribution >= 4 is 11.9 Å². The zero-order valence-corrected chi connectivity index (χ0v) is 40.7. The molecule has 2 aromatic carbocycles. The topological polar surface area (TPSA) is 173 Å². The molecule has 6 aliphatic carbocycles. The van der Waals surface area contributed by atoms with E-state index in [9.17, 15) is 30.0 Å². The van der Waals surface area contributed by atoms with Gasteiger partial charge in [0, 0.05) is 25.3 Å². The number of amides is 1. The molecule has 8 rings (SSSR count). The average Bonchev–Trinajstić information content (AvgIpc) is 3.77. The Bertz CT molecular complexity index is 1970. The second kappa shape index (κ2) is 20.9. The van der Waals surface area contributed by atoms with E-state index < -0.39 is 5.97 Å². The van der Waals surface area contributed by atoms with Gasteiger partial charge in [-0.05, 0) is 204 Å². The summed E-state index contributed by atoms with van der Waals surface area (Å²) in [6, 6.07) is 14.5. The Morgan fingerprint density at radius 3 is 1.46 bits per heavy atom. The van der Waals surface area contributed by atoms with E-state index in [0.717, 1.165) is 81.9 Å². The quantitative estimate of drug-likeness (QED) is 0.122. The van der Waals surface area contributed by atoms with E-state index in [2.05, 4.69) is 46.2 Å². The van der Waals surface area contributed by atoms with Gasteiger partial charge in [-0.3, -0.25) is 4.79 Å². The number of carbonyl (C=O) groups is 2. The number of carboxylic acid groups (broad SMARTS) is 1. The highest BCUT2D eigenvalue weighted by atomic mass is 16.4. The van der Waals surface area contributed by atoms with Gasteiger partial charge in [-0.25, -0.2) is 4.79 Å². The fraction of sp³-hybridized carbons (Fsp3) is 0.679. The molecule has 9 heteroatoms. The molecule has 8 N–H and O–H groups in total. The average molecular weight is 897 g/mol. The second-order valence-corrected chi connectivity index (χ2v) is 22.6. The summed E-state index contributed by atoms with van der Waals surface area (Å²) in [6.45, 7) is 24.0. The maximum Gasteiger partial charge on any atom is 0.335 e. The maximum atomic E-state index is 13.0. The van der Waals surface area contributed by atoms with E-state index >= 15 is 0 Å². The van der Waals surface area contributed by atoms with Gasteiger partial charge in [0.2, 0.25) is 0 Å². The van der Waals surface area contributed by atoms with Crippen LogP contribution in [0.5, 0.6) is 0 Å². The van der Waals surface area contributed by atoms with Crippen molar-refractivity contribution in [1.82, 2.24) is 5.32 Å². The van der Waals surface area contributed by atoms with Crippen LogP contribution in [-0.2, 0) is 0 Å². The second-order valence-electron chi connectivity index (χ2n) is 22.6. The number of hydrogen-bond acceptors (Lipinski definition) is 7. The molecule has 65 heavy (non-hydrogen) atoms. The molecule has 0 heterocycles. The van der Waals surface area contributed by atoms with Crippen molar-refractivity contribution in [3.05, 3.63) is 95.1 Å². The molecule has 0 saturated heterocycles. The van der Waals surface area contributed by atoms with Gasteiger partial charge >= 0.3 is 5.97 Å². The molecule has 0 radical (unpaired) electrons. The number of rotatable bonds is 9. The van der Waals surface area contributed by atoms with Crippen LogP contribution < -0.4 is 11.1 Å². The van der Waals surface area contributed by atoms with Crippen LogP contribution in [0.4, 0.5) is 0 Å². The number of fused-ring (bicyclic) bond motifs is 2. The number of benzene rings is 2. The summed E-state index contributed by atoms with van der Waals surface area (Å²) in [5, 5.41) is 52.3. The molecule has 6 saturated carbocycles. The maximum absolute atomic E-state index is 13.0. The standard InChI is InChI=1S/C28H41NO3.C20H35NO2.C8H8O2/c1-18-5-8-20(9-6-18)26(32)29-16-23-24-10-7-19(2)27(24,3)14-12-25(23)28(4)13-11-22(31)15-21(28)17-30;1-13-4-5-17-16(11-21)18(7-9-19(13,17)2)20(3)8-6-15(23)10-14(20)12-22;1-6-2-4-7(5-3-6)8(9)10/h5-6,8-9,21-25,30-31H,2,7,10-17H2,1,3-4H3,(H,29,32);14-18,22-23H,1,4-12,21H2,2-3H3;2-5H,1H3,(H,9,10)/t21-,22+,23+,24+,25+,27-,28+;14-,15+,16+,17+,18+,19-,20+;/m11./s1. The molecule has 9 nitrogen and oxygen atoms in total. The first kappa shape index (κ1) is 51.1. The molecule has 1 amide bonds. The number of carboxylic acids is 1. The molecule has 0 aliphatic heterocycles. The van der Waals surface area contributed by atoms with Crippen LogP contribution in [0.2, 0.25) is 0 Å². The van der Waals surface area contributed by atoms with Gasteiger partial charge in [-0.1, -0.05) is 87.4 Å². The lowest BCUT2D eigenvalue weighted by Crippen LogP contribution is -2.53. The number of nitrogens with two attached hydrogens (primary N) is 1. The van der Waals surface area contributed by atoms with E-state index in [4.69, 9.17) is 10.8 Å². The number of allylic oxidation sites excluding steroid dienone is 2. The smallest absolute Gasteiger partial charge is 0.335 e. The van der Waals surface area contributed by atoms with Crippen LogP contribution in [0.1, 0.15) is 149 Å². The largest absolute Gasteiger partial charge is 0.478 e. The zero-order valence-electron chi connectivity index (χ0n) is 40.7. The summed E-state index contributed by atoms with van der Waals surface area (Å²) in [6.07, 6.45) is 13.8. The Kier molecular flexibility index (Phi) is 16.4. The summed E-state index contributed by atoms with van der Waals surface area (Å²) in [5.41, 5.74) is 12.9. The van der Waals surface area contributed by atoms with Crippen LogP contribution in [0.15, 0.2) is 72.8 Å². The lowest BCUT2D eigenvalue weighted by atomic mass is 9.49. The van der Waals surface area contributed by atoms with E-state index in [-0.39, 0.29) is 64.8 Å². The lowest BCUT2D eigenvalue weighted by molar-refractivity contribution is -0.0928. The van der Waals surface area contributed by atoms with Gasteiger partial charge in [-0.2, -0.15) is 0 Å². The SMILES string of the molecule is C=C1CC[C@H]2[C@H](CN)[C@@H]([C@@]3(C)CC[C@H](O)C[C@@H]3CO)CC[C@]12C.C=C1CC[C@H]2[C@H](CNC(=O)c3ccc(C)cc3)[C@@H]([C@@]3(C)CC[C@H](O)C[C@@H]3CO)CC[C@]12C.Cc1ccc(C(=O)O)cc1. The van der Waals surface area contributed by atoms with Crippen molar-refractivity contribution in [3.8, 4) is 0 Å². The number of aryl methyl sites for hydroxylation is 2. The highest BCUT2D eigenvalue weighted by Crippen LogP contribution is 2.65. The van der Waals surface area contributed by atoms with Crippen LogP contribution in [0, 0.1) is 82.9 Å². The summed E-state index contributed by atoms with van der Waals surface area (Å²) in [4.78, 5) is 23.3. The van der Waals surface area contributed by atoms with Crippen LogP contribution in [-0.4, -0.2) is 75.9 Å². The molecule has 6 aliphatic rings. The Labute approximate surface area is 390 Å². The van der Waals surface area contributed by atoms with Gasteiger partial charge in [-0.15, -0.1) is 0 Å². The van der Waals surface area contributed by atoms with E-state index in [0.29, 0.717) is 59.6 Å². The summed E-state index contributed by atoms with van der Waals surface area (Å²) in [7, 11) is 0. The summed E-state index contributed by atoms with van der Waals surface area (Å²) < 4.78 is 0. The number of carbonyl (C=O) groups excluding carboxylic acids is 1. The first-order valence-electron chi connectivity index (χ1n) is 25.0. The van der Waals surface area contributed by atoms with Gasteiger partial charge in [0.15, 0.2) is 0 Å². The molecule has 2 aromatic rings. The molecule has 14 atom stereocenters. The minimum atomic E-state index is -0.875. The molecule has 6 fully saturated rings. The van der Waals surface area contributed by atoms with Gasteiger partial charge in [0.1, 0.15) is 0 Å². The molecule has 0 spiro atoms. The number of aliphatic hydroxyl groups excluding tert-OH is 4. The van der Waals surface area contributed by atoms with Gasteiger partial charge in [0.25, 0.3) is 5.91 Å². The Balaban J connectivity index is 0.000000184. The minimum absolute atomic E-state index is 0.00391. The Morgan fingerprint density at radius 1 is 0.631 bits per heavy atom. The van der Waals surface area contributed by atoms with Gasteiger partial charge < -0.3 is 36.6 Å².